The van der Waals surface area contributed by atoms with E-state index in [9.17, 15) is 4.79 Å². The Morgan fingerprint density at radius 2 is 2.29 bits per heavy atom. The normalized spacial score (nSPS) is 10.7. The molecule has 1 amide bonds. The maximum Gasteiger partial charge on any atom is 0.236 e. The Morgan fingerprint density at radius 1 is 1.46 bits per heavy atom. The highest BCUT2D eigenvalue weighted by Crippen LogP contribution is 2.24. The van der Waals surface area contributed by atoms with Gasteiger partial charge in [-0.25, -0.2) is 4.98 Å². The summed E-state index contributed by atoms with van der Waals surface area (Å²) in [5, 5.41) is 16.0. The minimum absolute atomic E-state index is 0.188. The van der Waals surface area contributed by atoms with E-state index < -0.39 is 0 Å². The van der Waals surface area contributed by atoms with Crippen LogP contribution in [0.15, 0.2) is 40.0 Å². The molecule has 0 saturated heterocycles. The first-order chi connectivity index (χ1) is 11.7. The molecule has 1 N–H and O–H groups in total. The van der Waals surface area contributed by atoms with Crippen molar-refractivity contribution in [1.29, 1.82) is 5.26 Å². The first-order valence-corrected chi connectivity index (χ1v) is 8.34. The van der Waals surface area contributed by atoms with Crippen LogP contribution in [0.3, 0.4) is 0 Å². The monoisotopic (exact) mass is 341 g/mol. The third kappa shape index (κ3) is 3.58. The number of thioether (sulfide) groups is 1. The van der Waals surface area contributed by atoms with Gasteiger partial charge in [0.2, 0.25) is 5.91 Å². The molecule has 2 aromatic heterocycles. The summed E-state index contributed by atoms with van der Waals surface area (Å²) in [6.07, 6.45) is 0.387. The van der Waals surface area contributed by atoms with Crippen molar-refractivity contribution in [2.45, 2.75) is 25.0 Å². The number of anilines is 1. The van der Waals surface area contributed by atoms with Crippen molar-refractivity contribution in [2.24, 2.45) is 0 Å². The summed E-state index contributed by atoms with van der Waals surface area (Å²) in [5.74, 6) is 1.04. The number of nitrogens with one attached hydrogen (secondary N) is 1. The molecule has 122 valence electrons. The largest absolute Gasteiger partial charge is 0.360 e. The number of nitriles is 1. The van der Waals surface area contributed by atoms with Gasteiger partial charge in [-0.1, -0.05) is 29.1 Å². The average Bonchev–Trinajstić information content (AvgIpc) is 3.14. The lowest BCUT2D eigenvalue weighted by atomic mass is 10.3. The molecule has 0 aliphatic heterocycles. The number of rotatable bonds is 6. The standard InChI is InChI=1S/C16H15N5O2S/c1-11-9-14(20-23-11)19-15(22)10-24-16-18-12-5-2-3-6-13(12)21(16)8-4-7-17/h2-3,5-6,9H,4,8,10H2,1H3,(H,19,20,22). The number of hydrogen-bond donors (Lipinski definition) is 1. The molecule has 0 unspecified atom stereocenters. The lowest BCUT2D eigenvalue weighted by Gasteiger charge is -2.06. The van der Waals surface area contributed by atoms with Gasteiger partial charge in [0, 0.05) is 12.6 Å². The van der Waals surface area contributed by atoms with E-state index in [2.05, 4.69) is 21.5 Å². The van der Waals surface area contributed by atoms with Gasteiger partial charge < -0.3 is 14.4 Å². The zero-order valence-electron chi connectivity index (χ0n) is 13.0. The molecule has 8 heteroatoms. The van der Waals surface area contributed by atoms with Crippen LogP contribution in [-0.2, 0) is 11.3 Å². The van der Waals surface area contributed by atoms with Gasteiger partial charge in [0.05, 0.1) is 29.3 Å². The predicted octanol–water partition coefficient (Wildman–Crippen LogP) is 2.98. The molecule has 1 aromatic carbocycles. The van der Waals surface area contributed by atoms with E-state index in [1.807, 2.05) is 28.8 Å². The molecule has 0 aliphatic carbocycles. The fourth-order valence-corrected chi connectivity index (χ4v) is 3.12. The second-order valence-electron chi connectivity index (χ2n) is 5.10. The van der Waals surface area contributed by atoms with Gasteiger partial charge in [-0.2, -0.15) is 5.26 Å². The number of amides is 1. The Hall–Kier alpha value is -2.79. The Bertz CT molecular complexity index is 909. The van der Waals surface area contributed by atoms with Crippen LogP contribution in [0.5, 0.6) is 0 Å². The minimum Gasteiger partial charge on any atom is -0.360 e. The second kappa shape index (κ2) is 7.19. The van der Waals surface area contributed by atoms with Gasteiger partial charge in [0.1, 0.15) is 5.76 Å². The van der Waals surface area contributed by atoms with Gasteiger partial charge in [0.15, 0.2) is 11.0 Å². The quantitative estimate of drug-likeness (QED) is 0.692. The topological polar surface area (TPSA) is 96.7 Å². The molecule has 2 heterocycles. The number of hydrogen-bond acceptors (Lipinski definition) is 6. The van der Waals surface area contributed by atoms with Crippen molar-refractivity contribution in [3.63, 3.8) is 0 Å². The molecule has 0 radical (unpaired) electrons. The fraction of sp³-hybridized carbons (Fsp3) is 0.250. The summed E-state index contributed by atoms with van der Waals surface area (Å²) >= 11 is 1.33. The number of carbonyl (C=O) groups is 1. The summed E-state index contributed by atoms with van der Waals surface area (Å²) in [6, 6.07) is 11.5. The van der Waals surface area contributed by atoms with Crippen LogP contribution in [0.25, 0.3) is 11.0 Å². The Labute approximate surface area is 142 Å². The maximum atomic E-state index is 12.0. The third-order valence-electron chi connectivity index (χ3n) is 3.29. The van der Waals surface area contributed by atoms with E-state index in [4.69, 9.17) is 9.78 Å². The predicted molar refractivity (Wildman–Crippen MR) is 90.6 cm³/mol. The van der Waals surface area contributed by atoms with Gasteiger partial charge in [-0.15, -0.1) is 0 Å². The number of imidazole rings is 1. The molecule has 3 rings (SSSR count). The second-order valence-corrected chi connectivity index (χ2v) is 6.04. The molecule has 7 nitrogen and oxygen atoms in total. The summed E-state index contributed by atoms with van der Waals surface area (Å²) in [7, 11) is 0. The van der Waals surface area contributed by atoms with E-state index in [1.165, 1.54) is 11.8 Å². The van der Waals surface area contributed by atoms with E-state index in [1.54, 1.807) is 13.0 Å². The van der Waals surface area contributed by atoms with Crippen LogP contribution in [-0.4, -0.2) is 26.4 Å². The smallest absolute Gasteiger partial charge is 0.236 e. The van der Waals surface area contributed by atoms with Crippen molar-refractivity contribution >= 4 is 34.5 Å². The molecule has 0 saturated carbocycles. The zero-order chi connectivity index (χ0) is 16.9. The van der Waals surface area contributed by atoms with Gasteiger partial charge in [-0.3, -0.25) is 4.79 Å². The number of benzene rings is 1. The molecular weight excluding hydrogens is 326 g/mol. The summed E-state index contributed by atoms with van der Waals surface area (Å²) in [6.45, 7) is 2.30. The minimum atomic E-state index is -0.188. The van der Waals surface area contributed by atoms with Crippen molar-refractivity contribution < 1.29 is 9.32 Å². The van der Waals surface area contributed by atoms with E-state index in [0.717, 1.165) is 16.2 Å². The summed E-state index contributed by atoms with van der Waals surface area (Å²) in [4.78, 5) is 16.6. The number of carbonyl (C=O) groups excluding carboxylic acids is 1. The zero-order valence-corrected chi connectivity index (χ0v) is 13.8. The molecule has 0 fully saturated rings. The van der Waals surface area contributed by atoms with Crippen LogP contribution in [0.1, 0.15) is 12.2 Å². The van der Waals surface area contributed by atoms with E-state index in [-0.39, 0.29) is 11.7 Å². The highest BCUT2D eigenvalue weighted by atomic mass is 32.2. The van der Waals surface area contributed by atoms with E-state index >= 15 is 0 Å². The maximum absolute atomic E-state index is 12.0. The molecule has 0 spiro atoms. The number of aryl methyl sites for hydroxylation is 2. The van der Waals surface area contributed by atoms with Crippen LogP contribution in [0, 0.1) is 18.3 Å². The molecule has 0 aliphatic rings. The van der Waals surface area contributed by atoms with Gasteiger partial charge in [0.25, 0.3) is 0 Å². The number of nitrogens with zero attached hydrogens (tertiary/aromatic N) is 4. The molecule has 0 atom stereocenters. The van der Waals surface area contributed by atoms with Crippen molar-refractivity contribution in [1.82, 2.24) is 14.7 Å². The molecular formula is C16H15N5O2S. The van der Waals surface area contributed by atoms with E-state index in [0.29, 0.717) is 24.5 Å². The first kappa shape index (κ1) is 16.1. The van der Waals surface area contributed by atoms with Crippen LogP contribution < -0.4 is 5.32 Å². The Morgan fingerprint density at radius 3 is 3.04 bits per heavy atom. The lowest BCUT2D eigenvalue weighted by molar-refractivity contribution is -0.113. The van der Waals surface area contributed by atoms with Crippen LogP contribution in [0.2, 0.25) is 0 Å². The fourth-order valence-electron chi connectivity index (χ4n) is 2.28. The van der Waals surface area contributed by atoms with Crippen LogP contribution >= 0.6 is 11.8 Å². The average molecular weight is 341 g/mol. The summed E-state index contributed by atoms with van der Waals surface area (Å²) in [5.41, 5.74) is 1.81. The van der Waals surface area contributed by atoms with Gasteiger partial charge >= 0.3 is 0 Å². The summed E-state index contributed by atoms with van der Waals surface area (Å²) < 4.78 is 6.88. The van der Waals surface area contributed by atoms with Gasteiger partial charge in [-0.05, 0) is 19.1 Å². The van der Waals surface area contributed by atoms with Crippen molar-refractivity contribution in [3.8, 4) is 6.07 Å². The Kier molecular flexibility index (Phi) is 4.82. The Balaban J connectivity index is 1.72. The molecule has 3 aromatic rings. The van der Waals surface area contributed by atoms with Crippen molar-refractivity contribution in [2.75, 3.05) is 11.1 Å². The molecule has 24 heavy (non-hydrogen) atoms. The lowest BCUT2D eigenvalue weighted by Crippen LogP contribution is -2.14. The number of para-hydroxylation sites is 2. The first-order valence-electron chi connectivity index (χ1n) is 7.35. The third-order valence-corrected chi connectivity index (χ3v) is 4.27. The molecule has 0 bridgehead atoms. The van der Waals surface area contributed by atoms with Crippen molar-refractivity contribution in [3.05, 3.63) is 36.1 Å². The number of fused-ring (bicyclic) bond motifs is 1. The SMILES string of the molecule is Cc1cc(NC(=O)CSc2nc3ccccc3n2CCC#N)no1. The highest BCUT2D eigenvalue weighted by molar-refractivity contribution is 7.99. The van der Waals surface area contributed by atoms with Crippen LogP contribution in [0.4, 0.5) is 5.82 Å². The highest BCUT2D eigenvalue weighted by Gasteiger charge is 2.13. The number of aromatic nitrogens is 3.